The molecular weight excluding hydrogens is 449 g/mol. The summed E-state index contributed by atoms with van der Waals surface area (Å²) >= 11 is 0. The molecule has 0 saturated carbocycles. The fraction of sp³-hybridized carbons (Fsp3) is 0.200. The van der Waals surface area contributed by atoms with Crippen molar-refractivity contribution in [1.82, 2.24) is 29.5 Å². The van der Waals surface area contributed by atoms with E-state index >= 15 is 0 Å². The van der Waals surface area contributed by atoms with Gasteiger partial charge < -0.3 is 19.7 Å². The number of aliphatic hydroxyl groups is 1. The van der Waals surface area contributed by atoms with Gasteiger partial charge in [-0.3, -0.25) is 0 Å². The summed E-state index contributed by atoms with van der Waals surface area (Å²) in [6.07, 6.45) is 6.48. The van der Waals surface area contributed by atoms with Gasteiger partial charge in [0.25, 0.3) is 0 Å². The van der Waals surface area contributed by atoms with Gasteiger partial charge in [0, 0.05) is 42.8 Å². The Bertz CT molecular complexity index is 1480. The Kier molecular flexibility index (Phi) is 5.14. The van der Waals surface area contributed by atoms with E-state index in [0.29, 0.717) is 40.6 Å². The van der Waals surface area contributed by atoms with E-state index in [0.717, 1.165) is 17.8 Å². The minimum atomic E-state index is -0.869. The van der Waals surface area contributed by atoms with Crippen LogP contribution in [0, 0.1) is 5.82 Å². The summed E-state index contributed by atoms with van der Waals surface area (Å²) in [6, 6.07) is 11.6. The van der Waals surface area contributed by atoms with Gasteiger partial charge in [-0.2, -0.15) is 5.10 Å². The van der Waals surface area contributed by atoms with Gasteiger partial charge in [0.1, 0.15) is 29.2 Å². The summed E-state index contributed by atoms with van der Waals surface area (Å²) in [5, 5.41) is 15.4. The van der Waals surface area contributed by atoms with Crippen LogP contribution in [0.1, 0.15) is 40.4 Å². The molecule has 5 heterocycles. The van der Waals surface area contributed by atoms with Gasteiger partial charge in [-0.25, -0.2) is 23.9 Å². The van der Waals surface area contributed by atoms with Gasteiger partial charge in [0.05, 0.1) is 24.8 Å². The molecule has 176 valence electrons. The highest BCUT2D eigenvalue weighted by Gasteiger charge is 2.34. The maximum Gasteiger partial charge on any atom is 0.226 e. The fourth-order valence-electron chi connectivity index (χ4n) is 4.52. The third-order valence-electron chi connectivity index (χ3n) is 6.34. The largest absolute Gasteiger partial charge is 0.497 e. The van der Waals surface area contributed by atoms with Crippen molar-refractivity contribution in [3.63, 3.8) is 0 Å². The molecule has 1 aromatic carbocycles. The van der Waals surface area contributed by atoms with Gasteiger partial charge in [-0.15, -0.1) is 0 Å². The van der Waals surface area contributed by atoms with Crippen LogP contribution >= 0.6 is 0 Å². The second-order valence-corrected chi connectivity index (χ2v) is 8.36. The molecule has 0 saturated heterocycles. The molecule has 0 unspecified atom stereocenters. The van der Waals surface area contributed by atoms with Crippen LogP contribution in [-0.4, -0.2) is 48.3 Å². The SMILES string of the molecule is COc1ccc([C@@H](O)c2cnc(N3CCc4[nH]cnc4[C@H]3c3cc4c(F)cccn4n3)nc2)cc1. The summed E-state index contributed by atoms with van der Waals surface area (Å²) < 4.78 is 21.1. The second kappa shape index (κ2) is 8.48. The molecule has 4 aromatic heterocycles. The standard InChI is InChI=1S/C25H22FN7O2/c1-35-17-6-4-15(5-7-17)24(34)16-12-27-25(28-13-16)32-10-8-19-22(30-14-29-19)23(32)20-11-21-18(26)3-2-9-33(21)31-20/h2-7,9,11-14,23-24,34H,8,10H2,1H3,(H,29,30)/t23-,24-/m1/s1. The number of H-pyrrole nitrogens is 1. The van der Waals surface area contributed by atoms with Crippen LogP contribution in [0.2, 0.25) is 0 Å². The number of hydrogen-bond acceptors (Lipinski definition) is 7. The number of methoxy groups -OCH3 is 1. The Labute approximate surface area is 199 Å². The number of halogens is 1. The number of fused-ring (bicyclic) bond motifs is 2. The first kappa shape index (κ1) is 21.2. The predicted molar refractivity (Wildman–Crippen MR) is 126 cm³/mol. The number of nitrogens with zero attached hydrogens (tertiary/aromatic N) is 6. The lowest BCUT2D eigenvalue weighted by atomic mass is 10.00. The van der Waals surface area contributed by atoms with Crippen molar-refractivity contribution >= 4 is 11.5 Å². The molecule has 2 atom stereocenters. The summed E-state index contributed by atoms with van der Waals surface area (Å²) in [5.74, 6) is 0.851. The average molecular weight is 471 g/mol. The van der Waals surface area contributed by atoms with Gasteiger partial charge in [0.2, 0.25) is 5.95 Å². The molecule has 2 N–H and O–H groups in total. The Hall–Kier alpha value is -4.31. The van der Waals surface area contributed by atoms with E-state index in [2.05, 4.69) is 25.0 Å². The molecule has 10 heteroatoms. The van der Waals surface area contributed by atoms with E-state index in [1.54, 1.807) is 68.4 Å². The first-order valence-corrected chi connectivity index (χ1v) is 11.2. The zero-order valence-corrected chi connectivity index (χ0v) is 18.8. The zero-order chi connectivity index (χ0) is 23.9. The van der Waals surface area contributed by atoms with Crippen molar-refractivity contribution in [2.45, 2.75) is 18.6 Å². The van der Waals surface area contributed by atoms with E-state index in [1.807, 2.05) is 4.90 Å². The van der Waals surface area contributed by atoms with Crippen LogP contribution in [-0.2, 0) is 6.42 Å². The van der Waals surface area contributed by atoms with Crippen LogP contribution in [0.25, 0.3) is 5.52 Å². The number of aromatic amines is 1. The molecule has 1 aliphatic heterocycles. The van der Waals surface area contributed by atoms with Gasteiger partial charge in [-0.05, 0) is 35.9 Å². The van der Waals surface area contributed by atoms with Crippen molar-refractivity contribution in [3.8, 4) is 5.75 Å². The molecule has 0 fully saturated rings. The highest BCUT2D eigenvalue weighted by molar-refractivity contribution is 5.53. The number of pyridine rings is 1. The Morgan fingerprint density at radius 1 is 1.11 bits per heavy atom. The smallest absolute Gasteiger partial charge is 0.226 e. The zero-order valence-electron chi connectivity index (χ0n) is 18.8. The van der Waals surface area contributed by atoms with E-state index in [1.165, 1.54) is 10.6 Å². The number of aromatic nitrogens is 6. The van der Waals surface area contributed by atoms with E-state index < -0.39 is 6.10 Å². The third kappa shape index (κ3) is 3.68. The first-order chi connectivity index (χ1) is 17.1. The van der Waals surface area contributed by atoms with Crippen LogP contribution in [0.15, 0.2) is 67.4 Å². The van der Waals surface area contributed by atoms with E-state index in [-0.39, 0.29) is 11.9 Å². The molecule has 6 rings (SSSR count). The van der Waals surface area contributed by atoms with Gasteiger partial charge in [-0.1, -0.05) is 12.1 Å². The lowest BCUT2D eigenvalue weighted by molar-refractivity contribution is 0.219. The van der Waals surface area contributed by atoms with Gasteiger partial charge >= 0.3 is 0 Å². The highest BCUT2D eigenvalue weighted by atomic mass is 19.1. The van der Waals surface area contributed by atoms with Crippen molar-refractivity contribution in [3.05, 3.63) is 101 Å². The van der Waals surface area contributed by atoms with Gasteiger partial charge in [0.15, 0.2) is 0 Å². The Balaban J connectivity index is 1.34. The number of anilines is 1. The van der Waals surface area contributed by atoms with E-state index in [9.17, 15) is 9.50 Å². The van der Waals surface area contributed by atoms with Crippen LogP contribution < -0.4 is 9.64 Å². The minimum absolute atomic E-state index is 0.344. The molecule has 35 heavy (non-hydrogen) atoms. The predicted octanol–water partition coefficient (Wildman–Crippen LogP) is 3.23. The molecule has 0 spiro atoms. The van der Waals surface area contributed by atoms with Crippen LogP contribution in [0.5, 0.6) is 5.75 Å². The topological polar surface area (TPSA) is 104 Å². The molecule has 1 aliphatic rings. The number of benzene rings is 1. The van der Waals surface area contributed by atoms with Crippen molar-refractivity contribution in [1.29, 1.82) is 0 Å². The summed E-state index contributed by atoms with van der Waals surface area (Å²) in [4.78, 5) is 18.9. The molecule has 9 nitrogen and oxygen atoms in total. The van der Waals surface area contributed by atoms with Crippen LogP contribution in [0.4, 0.5) is 10.3 Å². The summed E-state index contributed by atoms with van der Waals surface area (Å²) in [6.45, 7) is 0.622. The number of nitrogens with one attached hydrogen (secondary N) is 1. The molecule has 0 amide bonds. The van der Waals surface area contributed by atoms with Crippen molar-refractivity contribution in [2.24, 2.45) is 0 Å². The summed E-state index contributed by atoms with van der Waals surface area (Å²) in [5.41, 5.74) is 4.15. The second-order valence-electron chi connectivity index (χ2n) is 8.36. The molecular formula is C25H22FN7O2. The number of aliphatic hydroxyl groups excluding tert-OH is 1. The van der Waals surface area contributed by atoms with Crippen molar-refractivity contribution in [2.75, 3.05) is 18.6 Å². The maximum atomic E-state index is 14.4. The first-order valence-electron chi connectivity index (χ1n) is 11.2. The highest BCUT2D eigenvalue weighted by Crippen LogP contribution is 2.35. The summed E-state index contributed by atoms with van der Waals surface area (Å²) in [7, 11) is 1.60. The quantitative estimate of drug-likeness (QED) is 0.406. The Morgan fingerprint density at radius 3 is 2.66 bits per heavy atom. The molecule has 0 aliphatic carbocycles. The third-order valence-corrected chi connectivity index (χ3v) is 6.34. The number of rotatable bonds is 5. The average Bonchev–Trinajstić information content (AvgIpc) is 3.56. The number of imidazole rings is 1. The lowest BCUT2D eigenvalue weighted by Crippen LogP contribution is -2.37. The minimum Gasteiger partial charge on any atom is -0.497 e. The molecule has 5 aromatic rings. The monoisotopic (exact) mass is 471 g/mol. The number of ether oxygens (including phenoxy) is 1. The Morgan fingerprint density at radius 2 is 1.91 bits per heavy atom. The molecule has 0 radical (unpaired) electrons. The maximum absolute atomic E-state index is 14.4. The van der Waals surface area contributed by atoms with E-state index in [4.69, 9.17) is 4.74 Å². The van der Waals surface area contributed by atoms with Crippen LogP contribution in [0.3, 0.4) is 0 Å². The lowest BCUT2D eigenvalue weighted by Gasteiger charge is -2.34. The fourth-order valence-corrected chi connectivity index (χ4v) is 4.52. The normalized spacial score (nSPS) is 16.3. The molecule has 0 bridgehead atoms. The number of hydrogen-bond donors (Lipinski definition) is 2. The van der Waals surface area contributed by atoms with Crippen molar-refractivity contribution < 1.29 is 14.2 Å².